The van der Waals surface area contributed by atoms with Gasteiger partial charge in [-0.3, -0.25) is 4.90 Å². The Kier molecular flexibility index (Phi) is 4.93. The van der Waals surface area contributed by atoms with Crippen molar-refractivity contribution >= 4 is 26.7 Å². The van der Waals surface area contributed by atoms with Crippen molar-refractivity contribution in [3.63, 3.8) is 0 Å². The number of hydrogen-bond donors (Lipinski definition) is 1. The minimum absolute atomic E-state index is 0.281. The van der Waals surface area contributed by atoms with Crippen LogP contribution in [0, 0.1) is 5.92 Å². The summed E-state index contributed by atoms with van der Waals surface area (Å²) in [6.45, 7) is 2.97. The number of thiazole rings is 1. The van der Waals surface area contributed by atoms with Gasteiger partial charge < -0.3 is 5.32 Å². The van der Waals surface area contributed by atoms with Crippen LogP contribution in [0.25, 0.3) is 0 Å². The van der Waals surface area contributed by atoms with Gasteiger partial charge in [-0.05, 0) is 18.8 Å². The number of piperidine rings is 1. The number of nitrogens with zero attached hydrogens (tertiary/aromatic N) is 4. The molecule has 2 bridgehead atoms. The molecule has 9 heteroatoms. The molecule has 130 valence electrons. The molecule has 0 radical (unpaired) electrons. The molecule has 0 amide bonds. The highest BCUT2D eigenvalue weighted by atomic mass is 32.2. The third-order valence-corrected chi connectivity index (χ3v) is 7.49. The molecule has 7 nitrogen and oxygen atoms in total. The molecule has 2 atom stereocenters. The van der Waals surface area contributed by atoms with Gasteiger partial charge in [-0.15, -0.1) is 11.3 Å². The van der Waals surface area contributed by atoms with Crippen molar-refractivity contribution in [2.24, 2.45) is 5.92 Å². The van der Waals surface area contributed by atoms with Gasteiger partial charge in [-0.25, -0.2) is 4.98 Å². The van der Waals surface area contributed by atoms with Crippen LogP contribution in [-0.4, -0.2) is 73.7 Å². The molecule has 0 saturated carbocycles. The molecule has 0 unspecified atom stereocenters. The molecule has 1 N–H and O–H groups in total. The molecular weight excluding hydrogens is 334 g/mol. The van der Waals surface area contributed by atoms with Gasteiger partial charge in [0.25, 0.3) is 10.2 Å². The topological polar surface area (TPSA) is 68.8 Å². The van der Waals surface area contributed by atoms with Gasteiger partial charge >= 0.3 is 0 Å². The van der Waals surface area contributed by atoms with Crippen molar-refractivity contribution in [1.82, 2.24) is 18.5 Å². The van der Waals surface area contributed by atoms with Crippen LogP contribution < -0.4 is 5.32 Å². The van der Waals surface area contributed by atoms with Crippen LogP contribution in [0.5, 0.6) is 0 Å². The molecule has 3 aliphatic heterocycles. The largest absolute Gasteiger partial charge is 0.365 e. The Balaban J connectivity index is 1.74. The molecule has 1 aromatic heterocycles. The number of aromatic nitrogens is 1. The summed E-state index contributed by atoms with van der Waals surface area (Å²) in [5.74, 6) is 0.408. The lowest BCUT2D eigenvalue weighted by atomic mass is 9.95. The molecule has 0 aromatic carbocycles. The van der Waals surface area contributed by atoms with Crippen LogP contribution in [0.4, 0.5) is 5.13 Å². The molecule has 23 heavy (non-hydrogen) atoms. The predicted octanol–water partition coefficient (Wildman–Crippen LogP) is 0.887. The van der Waals surface area contributed by atoms with Crippen molar-refractivity contribution < 1.29 is 8.42 Å². The summed E-state index contributed by atoms with van der Waals surface area (Å²) in [4.78, 5) is 6.97. The van der Waals surface area contributed by atoms with E-state index in [2.05, 4.69) is 20.6 Å². The second-order valence-corrected chi connectivity index (χ2v) is 9.53. The van der Waals surface area contributed by atoms with Crippen molar-refractivity contribution in [3.8, 4) is 0 Å². The van der Waals surface area contributed by atoms with Crippen LogP contribution >= 0.6 is 11.3 Å². The van der Waals surface area contributed by atoms with E-state index in [1.165, 1.54) is 4.31 Å². The molecular formula is C14H25N5O2S2. The van der Waals surface area contributed by atoms with E-state index >= 15 is 0 Å². The van der Waals surface area contributed by atoms with E-state index in [0.29, 0.717) is 19.0 Å². The smallest absolute Gasteiger partial charge is 0.281 e. The van der Waals surface area contributed by atoms with E-state index in [4.69, 9.17) is 0 Å². The minimum atomic E-state index is -3.33. The van der Waals surface area contributed by atoms with Gasteiger partial charge in [0, 0.05) is 58.7 Å². The van der Waals surface area contributed by atoms with E-state index < -0.39 is 10.2 Å². The maximum Gasteiger partial charge on any atom is 0.281 e. The van der Waals surface area contributed by atoms with Crippen LogP contribution in [0.3, 0.4) is 0 Å². The highest BCUT2D eigenvalue weighted by Crippen LogP contribution is 2.31. The van der Waals surface area contributed by atoms with Gasteiger partial charge in [0.15, 0.2) is 5.13 Å². The summed E-state index contributed by atoms with van der Waals surface area (Å²) in [6, 6.07) is 0.281. The van der Waals surface area contributed by atoms with E-state index in [-0.39, 0.29) is 6.04 Å². The number of anilines is 1. The lowest BCUT2D eigenvalue weighted by Gasteiger charge is -2.35. The Morgan fingerprint density at radius 2 is 2.13 bits per heavy atom. The fourth-order valence-corrected chi connectivity index (χ4v) is 5.34. The first-order chi connectivity index (χ1) is 10.9. The van der Waals surface area contributed by atoms with Crippen LogP contribution in [0.15, 0.2) is 5.38 Å². The van der Waals surface area contributed by atoms with Gasteiger partial charge in [-0.1, -0.05) is 0 Å². The standard InChI is InChI=1S/C14H25N5O2S2/c1-15-14-16-12(10-22-14)8-18-6-11-4-5-13(18)9-19(7-11)23(20,21)17(2)3/h10-11,13H,4-9H2,1-3H3,(H,15,16)/t11-,13-/m1/s1. The first kappa shape index (κ1) is 17.1. The fraction of sp³-hybridized carbons (Fsp3) is 0.786. The Morgan fingerprint density at radius 1 is 1.35 bits per heavy atom. The zero-order valence-electron chi connectivity index (χ0n) is 13.9. The normalized spacial score (nSPS) is 26.6. The second kappa shape index (κ2) is 6.64. The van der Waals surface area contributed by atoms with Crippen LogP contribution in [0.2, 0.25) is 0 Å². The Hall–Kier alpha value is -0.740. The summed E-state index contributed by atoms with van der Waals surface area (Å²) < 4.78 is 27.9. The number of nitrogens with one attached hydrogen (secondary N) is 1. The van der Waals surface area contributed by atoms with E-state index in [9.17, 15) is 8.42 Å². The summed E-state index contributed by atoms with van der Waals surface area (Å²) >= 11 is 1.61. The van der Waals surface area contributed by atoms with Crippen LogP contribution in [0.1, 0.15) is 18.5 Å². The number of rotatable bonds is 5. The zero-order chi connectivity index (χ0) is 16.6. The molecule has 4 rings (SSSR count). The molecule has 3 saturated heterocycles. The molecule has 4 heterocycles. The van der Waals surface area contributed by atoms with Crippen LogP contribution in [-0.2, 0) is 16.8 Å². The van der Waals surface area contributed by atoms with E-state index in [0.717, 1.165) is 36.8 Å². The average Bonchev–Trinajstić information content (AvgIpc) is 2.75. The Bertz CT molecular complexity index is 645. The molecule has 0 aliphatic carbocycles. The van der Waals surface area contributed by atoms with E-state index in [1.807, 2.05) is 7.05 Å². The first-order valence-electron chi connectivity index (χ1n) is 7.94. The fourth-order valence-electron chi connectivity index (χ4n) is 3.45. The van der Waals surface area contributed by atoms with Gasteiger partial charge in [0.2, 0.25) is 0 Å². The SMILES string of the molecule is CNc1nc(CN2C[C@H]3CC[C@@H]2CN(S(=O)(=O)N(C)C)C3)cs1. The lowest BCUT2D eigenvalue weighted by molar-refractivity contribution is 0.124. The maximum absolute atomic E-state index is 12.5. The van der Waals surface area contributed by atoms with Gasteiger partial charge in [0.1, 0.15) is 0 Å². The molecule has 3 fully saturated rings. The quantitative estimate of drug-likeness (QED) is 0.845. The first-order valence-corrected chi connectivity index (χ1v) is 10.2. The monoisotopic (exact) mass is 359 g/mol. The molecule has 3 aliphatic rings. The zero-order valence-corrected chi connectivity index (χ0v) is 15.5. The molecule has 0 spiro atoms. The average molecular weight is 360 g/mol. The second-order valence-electron chi connectivity index (χ2n) is 6.53. The van der Waals surface area contributed by atoms with Crippen molar-refractivity contribution in [2.75, 3.05) is 46.1 Å². The van der Waals surface area contributed by atoms with Gasteiger partial charge in [0.05, 0.1) is 5.69 Å². The highest BCUT2D eigenvalue weighted by molar-refractivity contribution is 7.86. The number of hydrogen-bond acceptors (Lipinski definition) is 6. The van der Waals surface area contributed by atoms with E-state index in [1.54, 1.807) is 29.7 Å². The third kappa shape index (κ3) is 3.53. The van der Waals surface area contributed by atoms with Crippen molar-refractivity contribution in [3.05, 3.63) is 11.1 Å². The summed E-state index contributed by atoms with van der Waals surface area (Å²) in [5.41, 5.74) is 1.06. The summed E-state index contributed by atoms with van der Waals surface area (Å²) in [6.07, 6.45) is 2.17. The van der Waals surface area contributed by atoms with Crippen molar-refractivity contribution in [2.45, 2.75) is 25.4 Å². The Morgan fingerprint density at radius 3 is 2.78 bits per heavy atom. The predicted molar refractivity (Wildman–Crippen MR) is 92.8 cm³/mol. The third-order valence-electron chi connectivity index (χ3n) is 4.71. The number of fused-ring (bicyclic) bond motifs is 4. The van der Waals surface area contributed by atoms with Gasteiger partial charge in [-0.2, -0.15) is 17.0 Å². The summed E-state index contributed by atoms with van der Waals surface area (Å²) in [7, 11) is 1.76. The molecule has 1 aromatic rings. The maximum atomic E-state index is 12.5. The lowest BCUT2D eigenvalue weighted by Crippen LogP contribution is -2.45. The minimum Gasteiger partial charge on any atom is -0.365 e. The Labute approximate surface area is 142 Å². The highest BCUT2D eigenvalue weighted by Gasteiger charge is 2.39. The summed E-state index contributed by atoms with van der Waals surface area (Å²) in [5, 5.41) is 6.08. The van der Waals surface area contributed by atoms with Crippen molar-refractivity contribution in [1.29, 1.82) is 0 Å².